The Morgan fingerprint density at radius 3 is 1.89 bits per heavy atom. The molecule has 47 heteroatoms. The fourth-order valence-corrected chi connectivity index (χ4v) is 18.8. The van der Waals surface area contributed by atoms with Crippen molar-refractivity contribution in [2.75, 3.05) is 51.1 Å². The standard InChI is InChI=1S/C18H19FS2.C17H17F6NO6S.C17H17F3N2S.C17H19N3O3.C14H14F3N3O2S2.C12H7IN4O3/c1-12-8-14-10-20-18(3,16-4-6-17(19)7-5-16)21-11-15(14)9-13(12)2;1-3-29-14(25)13(15(26)30-4-2)5-6-24-31(27,28)12-8-10(16(18,19)20)7-11(9-12)17(21,22)23;18-17(19,20)14-6-3-7-15(10-14)21-16(23)22-9-8-12-4-1-2-5-13(12)11-22;1-10-13(20(5)23-16(10)21)15-18-14(19-22-15)11-6-8-12(9-7-11)17(2,3)4;1-18-4-5-19-9-24-10-3-6-23-11(13(21)22-2)8-20-12(7-10)14(15,16)17;13-7-2-1-3-8(6-7)14-9-4-5-10(17(18)19)12-11(9)15-20-16-12/h4-9H,10-11H2,1-3H3;5,7-9,24H,3-4,6H2,1-2H3;1-7,10,16,21,23H,8-9,11H2;6-9H,1-5H3;3-9,18H,1-2H3;1-6,14H/b;;;;5-4-,6-3?,10-7?,11-8?,19-9?,20-12?;. The number of sulfonamides is 1. The van der Waals surface area contributed by atoms with Gasteiger partial charge < -0.3 is 39.2 Å². The van der Waals surface area contributed by atoms with Gasteiger partial charge in [-0.1, -0.05) is 123 Å². The second kappa shape index (κ2) is 50.7. The predicted octanol–water partition coefficient (Wildman–Crippen LogP) is 23.9. The van der Waals surface area contributed by atoms with E-state index in [0.717, 1.165) is 107 Å². The Hall–Kier alpha value is -12.1. The first-order valence-electron chi connectivity index (χ1n) is 42.3. The number of rotatable bonds is 22. The van der Waals surface area contributed by atoms with Crippen LogP contribution in [0.25, 0.3) is 34.0 Å². The molecular formula is C95H93F13IN13O14S6. The lowest BCUT2D eigenvalue weighted by molar-refractivity contribution is -0.383. The van der Waals surface area contributed by atoms with Crippen molar-refractivity contribution >= 4 is 149 Å². The second-order valence-electron chi connectivity index (χ2n) is 31.5. The Morgan fingerprint density at radius 1 is 0.725 bits per heavy atom. The number of nitro benzene ring substituents is 1. The molecule has 0 aliphatic carbocycles. The number of alkyl halides is 12. The average Bonchev–Trinajstić information content (AvgIpc) is 1.61. The number of non-ortho nitro benzene ring substituents is 1. The molecule has 14 rings (SSSR count). The van der Waals surface area contributed by atoms with Gasteiger partial charge in [0.1, 0.15) is 33.2 Å². The zero-order valence-electron chi connectivity index (χ0n) is 77.5. The Bertz CT molecular complexity index is 6660. The monoisotopic (exact) mass is 2210 g/mol. The summed E-state index contributed by atoms with van der Waals surface area (Å²) in [5.74, 6) is -0.462. The summed E-state index contributed by atoms with van der Waals surface area (Å²) in [6.45, 7) is 18.1. The number of halogens is 14. The number of ether oxygens (including phenoxy) is 3. The number of hydrogen-bond acceptors (Lipinski definition) is 29. The molecule has 6 heterocycles. The molecule has 142 heavy (non-hydrogen) atoms. The number of fused-ring (bicyclic) bond motifs is 3. The molecule has 12 aromatic rings. The van der Waals surface area contributed by atoms with Crippen LogP contribution in [0, 0.1) is 40.3 Å². The fraction of sp³-hybridized carbons (Fsp3) is 0.284. The largest absolute Gasteiger partial charge is 0.465 e. The number of carbonyl (C=O) groups excluding carboxylic acids is 3. The van der Waals surface area contributed by atoms with Crippen LogP contribution in [0.15, 0.2) is 245 Å². The number of nitro groups is 1. The number of benzene rings is 8. The van der Waals surface area contributed by atoms with Crippen molar-refractivity contribution in [2.45, 2.75) is 136 Å². The molecule has 2 aliphatic heterocycles. The summed E-state index contributed by atoms with van der Waals surface area (Å²) in [6.07, 6.45) is -14.0. The highest BCUT2D eigenvalue weighted by Crippen LogP contribution is 2.52. The number of anilines is 3. The molecule has 0 bridgehead atoms. The number of methoxy groups -OCH3 is 1. The number of aromatic nitrogens is 6. The molecule has 0 saturated heterocycles. The van der Waals surface area contributed by atoms with Gasteiger partial charge in [0, 0.05) is 89.1 Å². The summed E-state index contributed by atoms with van der Waals surface area (Å²) in [4.78, 5) is 69.7. The summed E-state index contributed by atoms with van der Waals surface area (Å²) < 4.78 is 225. The number of hydrogen-bond donors (Lipinski definition) is 5. The fourth-order valence-electron chi connectivity index (χ4n) is 12.9. The lowest BCUT2D eigenvalue weighted by Crippen LogP contribution is -2.40. The maximum atomic E-state index is 13.1. The van der Waals surface area contributed by atoms with E-state index in [9.17, 15) is 94.8 Å². The van der Waals surface area contributed by atoms with Gasteiger partial charge in [0.2, 0.25) is 21.4 Å². The van der Waals surface area contributed by atoms with Gasteiger partial charge in [0.05, 0.1) is 73.9 Å². The van der Waals surface area contributed by atoms with Crippen LogP contribution < -0.4 is 26.3 Å². The van der Waals surface area contributed by atoms with Gasteiger partial charge in [-0.05, 0) is 227 Å². The molecule has 1 atom stereocenters. The number of nitrogens with one attached hydrogen (secondary N) is 4. The Labute approximate surface area is 842 Å². The maximum absolute atomic E-state index is 13.1. The van der Waals surface area contributed by atoms with Crippen LogP contribution in [0.5, 0.6) is 0 Å². The van der Waals surface area contributed by atoms with E-state index in [2.05, 4.69) is 183 Å². The van der Waals surface area contributed by atoms with Crippen molar-refractivity contribution in [1.82, 2.24) is 45.1 Å². The van der Waals surface area contributed by atoms with Crippen LogP contribution in [0.1, 0.15) is 124 Å². The van der Waals surface area contributed by atoms with E-state index in [1.165, 1.54) is 98.4 Å². The third-order valence-electron chi connectivity index (χ3n) is 20.4. The summed E-state index contributed by atoms with van der Waals surface area (Å²) in [5, 5.41) is 32.6. The molecule has 1 unspecified atom stereocenters. The van der Waals surface area contributed by atoms with Crippen molar-refractivity contribution in [3.05, 3.63) is 319 Å². The van der Waals surface area contributed by atoms with E-state index >= 15 is 0 Å². The highest BCUT2D eigenvalue weighted by atomic mass is 127. The van der Waals surface area contributed by atoms with Gasteiger partial charge in [0.25, 0.3) is 5.89 Å². The highest BCUT2D eigenvalue weighted by molar-refractivity contribution is 14.1. The van der Waals surface area contributed by atoms with E-state index in [4.69, 9.17) is 9.05 Å². The van der Waals surface area contributed by atoms with Gasteiger partial charge >= 0.3 is 53.9 Å². The van der Waals surface area contributed by atoms with E-state index in [-0.39, 0.29) is 79.1 Å². The molecule has 0 spiro atoms. The van der Waals surface area contributed by atoms with Crippen LogP contribution in [-0.2, 0) is 99.5 Å². The lowest BCUT2D eigenvalue weighted by atomic mass is 9.87. The van der Waals surface area contributed by atoms with Crippen LogP contribution in [0.4, 0.5) is 79.8 Å². The number of esters is 3. The summed E-state index contributed by atoms with van der Waals surface area (Å²) in [5.41, 5.74) is 9.23. The normalized spacial score (nSPS) is 13.3. The van der Waals surface area contributed by atoms with E-state index in [0.29, 0.717) is 34.0 Å². The lowest BCUT2D eigenvalue weighted by Gasteiger charge is -2.33. The third-order valence-corrected chi connectivity index (χ3v) is 27.7. The number of aryl methyl sites for hydroxylation is 3. The van der Waals surface area contributed by atoms with Crippen LogP contribution in [-0.4, -0.2) is 118 Å². The number of nitrogens with zero attached hydrogens (tertiary/aromatic N) is 9. The number of thioether (sulfide) groups is 3. The zero-order valence-corrected chi connectivity index (χ0v) is 84.6. The topological polar surface area (TPSA) is 346 Å². The summed E-state index contributed by atoms with van der Waals surface area (Å²) >= 11 is 12.5. The van der Waals surface area contributed by atoms with Gasteiger partial charge in [-0.15, -0.1) is 47.5 Å². The van der Waals surface area contributed by atoms with Gasteiger partial charge in [-0.2, -0.15) is 57.7 Å². The first-order valence-corrected chi connectivity index (χ1v) is 49.1. The smallest absolute Gasteiger partial charge is 0.433 e. The van der Waals surface area contributed by atoms with E-state index in [1.54, 1.807) is 56.2 Å². The van der Waals surface area contributed by atoms with Crippen LogP contribution >= 0.6 is 81.8 Å². The number of aliphatic imine (C=N–C) groups is 1. The molecule has 4 N–H and O–H groups in total. The van der Waals surface area contributed by atoms with Gasteiger partial charge in [-0.3, -0.25) is 20.0 Å². The summed E-state index contributed by atoms with van der Waals surface area (Å²) in [7, 11) is -0.431. The quantitative estimate of drug-likeness (QED) is 0.00334. The molecule has 0 saturated carbocycles. The predicted molar refractivity (Wildman–Crippen MR) is 529 cm³/mol. The second-order valence-corrected chi connectivity index (χ2v) is 39.9. The minimum atomic E-state index is -5.24. The van der Waals surface area contributed by atoms with Crippen molar-refractivity contribution in [3.8, 4) is 23.0 Å². The van der Waals surface area contributed by atoms with E-state index < -0.39 is 103 Å². The minimum absolute atomic E-state index is 0.0193. The number of carbonyl (C=O) groups is 3. The SMILES string of the molecule is CCOC(=O)C(=CCNS(=O)(=O)c1cc(C(F)(F)F)cc(C(F)(F)F)c1)C(=O)OCC.CN/C=C\N=CSc1ccsc(C(=O)OC)cnc(C(F)(F)F)c1.Cc1c(-c2nc(-c3ccc(C(C)(C)C)cc3)no2)n(C)oc1=O.Cc1cc2c(cc1C)CSC(C)(c1ccc(F)cc1)SC2.FC(F)(F)c1cccc(NC(S)N2CCc3ccccc3C2)c1.O=[N+]([O-])c1ccc(Nc2cccc(I)c2)c2nonc12. The minimum Gasteiger partial charge on any atom is -0.465 e. The van der Waals surface area contributed by atoms with Crippen LogP contribution in [0.2, 0.25) is 0 Å². The van der Waals surface area contributed by atoms with Crippen molar-refractivity contribution in [2.24, 2.45) is 12.0 Å². The summed E-state index contributed by atoms with van der Waals surface area (Å²) in [6, 6.07) is 45.9. The molecule has 0 fully saturated rings. The third kappa shape index (κ3) is 32.7. The Kier molecular flexibility index (Phi) is 40.5. The molecule has 4 aromatic heterocycles. The molecule has 2 aliphatic rings. The maximum Gasteiger partial charge on any atom is 0.433 e. The Morgan fingerprint density at radius 2 is 1.33 bits per heavy atom. The molecular weight excluding hydrogens is 2110 g/mol. The van der Waals surface area contributed by atoms with Gasteiger partial charge in [0.15, 0.2) is 5.52 Å². The average molecular weight is 2210 g/mol. The first kappa shape index (κ1) is 113. The first-order chi connectivity index (χ1) is 66.8. The molecule has 756 valence electrons. The molecule has 8 aromatic carbocycles. The molecule has 27 nitrogen and oxygen atoms in total. The molecule has 0 radical (unpaired) electrons. The van der Waals surface area contributed by atoms with Crippen LogP contribution in [0.3, 0.4) is 0 Å². The number of thiol groups is 1. The van der Waals surface area contributed by atoms with Crippen molar-refractivity contribution in [3.63, 3.8) is 0 Å². The van der Waals surface area contributed by atoms with Crippen molar-refractivity contribution < 1.29 is 113 Å². The molecule has 0 amide bonds. The van der Waals surface area contributed by atoms with E-state index in [1.807, 2.05) is 84.2 Å². The Balaban J connectivity index is 0.000000191. The van der Waals surface area contributed by atoms with Gasteiger partial charge in [-0.25, -0.2) is 51.1 Å². The highest BCUT2D eigenvalue weighted by Gasteiger charge is 2.40. The van der Waals surface area contributed by atoms with Crippen molar-refractivity contribution in [1.29, 1.82) is 0 Å². The zero-order chi connectivity index (χ0) is 104.